The zero-order valence-electron chi connectivity index (χ0n) is 21.0. The molecule has 0 radical (unpaired) electrons. The fraction of sp³-hybridized carbons (Fsp3) is 0.583. The number of rotatable bonds is 6. The van der Waals surface area contributed by atoms with Crippen LogP contribution in [0, 0.1) is 19.7 Å². The number of amides is 1. The van der Waals surface area contributed by atoms with Crippen molar-refractivity contribution in [2.45, 2.75) is 85.1 Å². The average molecular weight is 511 g/mol. The second-order valence-corrected chi connectivity index (χ2v) is 10.1. The van der Waals surface area contributed by atoms with Gasteiger partial charge in [-0.1, -0.05) is 24.9 Å². The molecule has 3 heterocycles. The number of hydrogen-bond donors (Lipinski definition) is 2. The third kappa shape index (κ3) is 5.52. The van der Waals surface area contributed by atoms with E-state index in [4.69, 9.17) is 21.1 Å². The lowest BCUT2D eigenvalue weighted by atomic mass is 10.1. The normalized spacial score (nSPS) is 18.3. The minimum absolute atomic E-state index is 0.0622. The van der Waals surface area contributed by atoms with Crippen LogP contribution in [0.2, 0.25) is 5.15 Å². The number of hydrogen-bond acceptors (Lipinski definition) is 7. The molecule has 35 heavy (non-hydrogen) atoms. The first-order chi connectivity index (χ1) is 16.2. The van der Waals surface area contributed by atoms with Gasteiger partial charge in [0.05, 0.1) is 11.4 Å². The number of carboxylic acid groups (broad SMARTS) is 1. The number of nitrogens with zero attached hydrogens (tertiary/aromatic N) is 3. The fourth-order valence-electron chi connectivity index (χ4n) is 4.06. The number of carbonyl (C=O) groups is 2. The molecular formula is C24H32ClFN4O5. The summed E-state index contributed by atoms with van der Waals surface area (Å²) in [7, 11) is 0. The van der Waals surface area contributed by atoms with Crippen molar-refractivity contribution in [3.05, 3.63) is 22.2 Å². The number of aromatic nitrogens is 2. The first-order valence-corrected chi connectivity index (χ1v) is 11.9. The van der Waals surface area contributed by atoms with Gasteiger partial charge >= 0.3 is 12.1 Å². The highest BCUT2D eigenvalue weighted by Gasteiger charge is 2.38. The number of halogens is 2. The van der Waals surface area contributed by atoms with E-state index in [1.165, 1.54) is 4.90 Å². The number of carbonyl (C=O) groups excluding carboxylic acids is 1. The monoisotopic (exact) mass is 510 g/mol. The van der Waals surface area contributed by atoms with E-state index in [1.807, 2.05) is 6.92 Å². The van der Waals surface area contributed by atoms with Crippen LogP contribution in [0.15, 0.2) is 0 Å². The zero-order chi connectivity index (χ0) is 26.2. The Morgan fingerprint density at radius 1 is 1.29 bits per heavy atom. The Morgan fingerprint density at radius 2 is 1.94 bits per heavy atom. The molecule has 3 rings (SSSR count). The second kappa shape index (κ2) is 10.0. The van der Waals surface area contributed by atoms with Crippen LogP contribution in [0.1, 0.15) is 58.7 Å². The second-order valence-electron chi connectivity index (χ2n) is 9.79. The lowest BCUT2D eigenvalue weighted by molar-refractivity contribution is -0.143. The van der Waals surface area contributed by atoms with Crippen molar-refractivity contribution in [2.75, 3.05) is 11.9 Å². The molecule has 2 aromatic rings. The van der Waals surface area contributed by atoms with Crippen molar-refractivity contribution in [3.8, 4) is 5.88 Å². The summed E-state index contributed by atoms with van der Waals surface area (Å²) in [4.78, 5) is 35.1. The Balaban J connectivity index is 2.07. The Kier molecular flexibility index (Phi) is 7.64. The van der Waals surface area contributed by atoms with Crippen molar-refractivity contribution in [3.63, 3.8) is 0 Å². The van der Waals surface area contributed by atoms with Gasteiger partial charge in [-0.3, -0.25) is 4.90 Å². The molecule has 0 fully saturated rings. The lowest BCUT2D eigenvalue weighted by Gasteiger charge is -2.35. The molecule has 0 bridgehead atoms. The number of ether oxygens (including phenoxy) is 2. The fourth-order valence-corrected chi connectivity index (χ4v) is 4.23. The molecule has 1 aliphatic heterocycles. The van der Waals surface area contributed by atoms with Gasteiger partial charge in [-0.2, -0.15) is 4.98 Å². The molecule has 0 spiro atoms. The van der Waals surface area contributed by atoms with E-state index < -0.39 is 41.7 Å². The molecule has 192 valence electrons. The summed E-state index contributed by atoms with van der Waals surface area (Å²) in [6.45, 7) is 12.2. The van der Waals surface area contributed by atoms with Crippen LogP contribution in [-0.4, -0.2) is 62.4 Å². The summed E-state index contributed by atoms with van der Waals surface area (Å²) in [5.41, 5.74) is 0.367. The van der Waals surface area contributed by atoms with Crippen LogP contribution >= 0.6 is 11.6 Å². The largest absolute Gasteiger partial charge is 0.480 e. The van der Waals surface area contributed by atoms with Gasteiger partial charge in [-0.05, 0) is 53.5 Å². The van der Waals surface area contributed by atoms with E-state index in [0.29, 0.717) is 28.9 Å². The third-order valence-electron chi connectivity index (χ3n) is 5.93. The van der Waals surface area contributed by atoms with Crippen molar-refractivity contribution >= 4 is 40.3 Å². The number of aliphatic carboxylic acids is 1. The van der Waals surface area contributed by atoms with Gasteiger partial charge in [0.2, 0.25) is 5.88 Å². The van der Waals surface area contributed by atoms with Crippen LogP contribution in [0.3, 0.4) is 0 Å². The number of pyridine rings is 2. The molecule has 9 nitrogen and oxygen atoms in total. The first kappa shape index (κ1) is 26.7. The maximum absolute atomic E-state index is 15.0. The standard InChI is InChI=1S/C24H32ClFN4O5/c1-8-9-15(22(31)32)30(23(33)35-24(5,6)7)10-14-13(4)34-21-17-16(18(26)19(25)29-21)11(2)12(3)27-20(17)28-14/h13-15H,8-10H2,1-7H3,(H,27,28)(H,31,32). The van der Waals surface area contributed by atoms with Gasteiger partial charge in [0.15, 0.2) is 11.0 Å². The highest BCUT2D eigenvalue weighted by atomic mass is 35.5. The van der Waals surface area contributed by atoms with E-state index in [1.54, 1.807) is 41.5 Å². The van der Waals surface area contributed by atoms with Crippen LogP contribution in [0.25, 0.3) is 10.8 Å². The number of nitrogens with one attached hydrogen (secondary N) is 1. The van der Waals surface area contributed by atoms with Gasteiger partial charge in [0.1, 0.15) is 23.6 Å². The molecule has 1 amide bonds. The van der Waals surface area contributed by atoms with Crippen LogP contribution < -0.4 is 10.1 Å². The molecule has 2 N–H and O–H groups in total. The number of anilines is 1. The minimum atomic E-state index is -1.13. The maximum Gasteiger partial charge on any atom is 0.411 e. The van der Waals surface area contributed by atoms with E-state index in [2.05, 4.69) is 15.3 Å². The predicted molar refractivity (Wildman–Crippen MR) is 131 cm³/mol. The van der Waals surface area contributed by atoms with E-state index in [-0.39, 0.29) is 29.4 Å². The summed E-state index contributed by atoms with van der Waals surface area (Å²) < 4.78 is 26.6. The smallest absolute Gasteiger partial charge is 0.411 e. The third-order valence-corrected chi connectivity index (χ3v) is 6.18. The van der Waals surface area contributed by atoms with Crippen LogP contribution in [-0.2, 0) is 9.53 Å². The van der Waals surface area contributed by atoms with Gasteiger partial charge in [0.25, 0.3) is 0 Å². The van der Waals surface area contributed by atoms with Crippen LogP contribution in [0.5, 0.6) is 5.88 Å². The van der Waals surface area contributed by atoms with Gasteiger partial charge < -0.3 is 19.9 Å². The average Bonchev–Trinajstić information content (AvgIpc) is 2.85. The highest BCUT2D eigenvalue weighted by molar-refractivity contribution is 6.30. The van der Waals surface area contributed by atoms with Crippen molar-refractivity contribution in [1.82, 2.24) is 14.9 Å². The summed E-state index contributed by atoms with van der Waals surface area (Å²) in [6.07, 6.45) is -0.569. The van der Waals surface area contributed by atoms with Gasteiger partial charge in [0, 0.05) is 17.6 Å². The molecule has 3 atom stereocenters. The molecular weight excluding hydrogens is 479 g/mol. The highest BCUT2D eigenvalue weighted by Crippen LogP contribution is 2.40. The quantitative estimate of drug-likeness (QED) is 0.516. The molecule has 0 saturated heterocycles. The molecule has 0 saturated carbocycles. The van der Waals surface area contributed by atoms with E-state index in [9.17, 15) is 19.1 Å². The maximum atomic E-state index is 15.0. The Hall–Kier alpha value is -2.88. The van der Waals surface area contributed by atoms with Crippen molar-refractivity contribution in [1.29, 1.82) is 0 Å². The predicted octanol–water partition coefficient (Wildman–Crippen LogP) is 5.09. The van der Waals surface area contributed by atoms with E-state index >= 15 is 0 Å². The molecule has 2 aromatic heterocycles. The lowest BCUT2D eigenvalue weighted by Crippen LogP contribution is -2.53. The summed E-state index contributed by atoms with van der Waals surface area (Å²) in [6, 6.07) is -1.72. The topological polar surface area (TPSA) is 114 Å². The SMILES string of the molecule is CCCC(C(=O)O)N(CC1Nc2nc(C)c(C)c3c(F)c(Cl)nc(c23)OC1C)C(=O)OC(C)(C)C. The summed E-state index contributed by atoms with van der Waals surface area (Å²) in [5.74, 6) is -1.37. The Morgan fingerprint density at radius 3 is 2.51 bits per heavy atom. The Labute approximate surface area is 209 Å². The minimum Gasteiger partial charge on any atom is -0.480 e. The number of carboxylic acids is 1. The van der Waals surface area contributed by atoms with Crippen molar-refractivity contribution in [2.24, 2.45) is 0 Å². The number of aryl methyl sites for hydroxylation is 2. The van der Waals surface area contributed by atoms with Crippen LogP contribution in [0.4, 0.5) is 15.0 Å². The van der Waals surface area contributed by atoms with Crippen molar-refractivity contribution < 1.29 is 28.6 Å². The first-order valence-electron chi connectivity index (χ1n) is 11.6. The molecule has 11 heteroatoms. The van der Waals surface area contributed by atoms with Gasteiger partial charge in [-0.15, -0.1) is 0 Å². The van der Waals surface area contributed by atoms with E-state index in [0.717, 1.165) is 0 Å². The molecule has 0 aliphatic carbocycles. The zero-order valence-corrected chi connectivity index (χ0v) is 21.8. The van der Waals surface area contributed by atoms with Gasteiger partial charge in [-0.25, -0.2) is 19.0 Å². The molecule has 1 aliphatic rings. The summed E-state index contributed by atoms with van der Waals surface area (Å²) >= 11 is 6.07. The molecule has 0 aromatic carbocycles. The Bertz CT molecular complexity index is 1150. The summed E-state index contributed by atoms with van der Waals surface area (Å²) in [5, 5.41) is 13.4. The molecule has 3 unspecified atom stereocenters.